The summed E-state index contributed by atoms with van der Waals surface area (Å²) in [7, 11) is 1.46. The molecule has 1 aliphatic heterocycles. The van der Waals surface area contributed by atoms with Gasteiger partial charge < -0.3 is 14.6 Å². The van der Waals surface area contributed by atoms with Crippen molar-refractivity contribution in [1.82, 2.24) is 0 Å². The molecule has 1 amide bonds. The number of carbonyl (C=O) groups excluding carboxylic acids is 2. The summed E-state index contributed by atoms with van der Waals surface area (Å²) in [5.41, 5.74) is 2.40. The highest BCUT2D eigenvalue weighted by atomic mass is 35.5. The maximum absolute atomic E-state index is 13.5. The number of ketones is 1. The highest BCUT2D eigenvalue weighted by Gasteiger charge is 2.47. The van der Waals surface area contributed by atoms with E-state index in [1.54, 1.807) is 36.4 Å². The molecule has 1 unspecified atom stereocenters. The minimum absolute atomic E-state index is 0.0101. The first-order valence-electron chi connectivity index (χ1n) is 12.4. The lowest BCUT2D eigenvalue weighted by molar-refractivity contribution is -0.132. The lowest BCUT2D eigenvalue weighted by atomic mass is 9.85. The summed E-state index contributed by atoms with van der Waals surface area (Å²) >= 11 is 6.21. The van der Waals surface area contributed by atoms with Gasteiger partial charge >= 0.3 is 0 Å². The number of Topliss-reactive ketones (excluding diaryl/α,β-unsaturated/α-hetero) is 1. The largest absolute Gasteiger partial charge is 0.507 e. The number of carbonyl (C=O) groups is 2. The van der Waals surface area contributed by atoms with Crippen LogP contribution in [0, 0.1) is 0 Å². The Bertz CT molecular complexity index is 1390. The summed E-state index contributed by atoms with van der Waals surface area (Å²) in [5.74, 6) is -0.910. The van der Waals surface area contributed by atoms with Crippen LogP contribution in [0.4, 0.5) is 5.69 Å². The maximum Gasteiger partial charge on any atom is 0.300 e. The third-order valence-corrected chi connectivity index (χ3v) is 6.68. The van der Waals surface area contributed by atoms with E-state index in [0.29, 0.717) is 27.8 Å². The standard InChI is InChI=1S/C31H32ClNO5/c1-18(2)38-23-14-12-22(13-15-23)33-27(19-7-9-20(10-8-19)31(3,4)5)26(29(35)30(33)36)28(34)24-17-21(32)11-16-25(24)37-6/h7-18,27,34H,1-6H3/b28-26+. The number of aliphatic hydroxyl groups excluding tert-OH is 1. The van der Waals surface area contributed by atoms with E-state index in [2.05, 4.69) is 20.8 Å². The Morgan fingerprint density at radius 2 is 1.61 bits per heavy atom. The van der Waals surface area contributed by atoms with Crippen molar-refractivity contribution in [1.29, 1.82) is 0 Å². The van der Waals surface area contributed by atoms with Crippen molar-refractivity contribution in [2.75, 3.05) is 12.0 Å². The number of benzene rings is 3. The van der Waals surface area contributed by atoms with Crippen molar-refractivity contribution in [2.24, 2.45) is 0 Å². The number of anilines is 1. The number of halogens is 1. The van der Waals surface area contributed by atoms with Gasteiger partial charge in [0, 0.05) is 10.7 Å². The Balaban J connectivity index is 1.92. The van der Waals surface area contributed by atoms with E-state index in [1.165, 1.54) is 18.1 Å². The van der Waals surface area contributed by atoms with Crippen LogP contribution in [0.25, 0.3) is 5.76 Å². The van der Waals surface area contributed by atoms with Crippen molar-refractivity contribution in [3.63, 3.8) is 0 Å². The topological polar surface area (TPSA) is 76.1 Å². The minimum Gasteiger partial charge on any atom is -0.507 e. The van der Waals surface area contributed by atoms with Crippen LogP contribution in [0.5, 0.6) is 11.5 Å². The lowest BCUT2D eigenvalue weighted by Crippen LogP contribution is -2.29. The van der Waals surface area contributed by atoms with E-state index in [1.807, 2.05) is 38.1 Å². The molecule has 3 aromatic carbocycles. The second-order valence-electron chi connectivity index (χ2n) is 10.5. The van der Waals surface area contributed by atoms with Gasteiger partial charge in [-0.3, -0.25) is 14.5 Å². The minimum atomic E-state index is -0.871. The van der Waals surface area contributed by atoms with Crippen LogP contribution in [0.1, 0.15) is 57.4 Å². The molecule has 6 nitrogen and oxygen atoms in total. The van der Waals surface area contributed by atoms with Crippen molar-refractivity contribution < 1.29 is 24.2 Å². The summed E-state index contributed by atoms with van der Waals surface area (Å²) in [6.07, 6.45) is -0.0101. The summed E-state index contributed by atoms with van der Waals surface area (Å²) in [6, 6.07) is 18.6. The second-order valence-corrected chi connectivity index (χ2v) is 11.0. The number of methoxy groups -OCH3 is 1. The Kier molecular flexibility index (Phi) is 7.56. The molecule has 38 heavy (non-hydrogen) atoms. The first-order valence-corrected chi connectivity index (χ1v) is 12.8. The van der Waals surface area contributed by atoms with Gasteiger partial charge in [0.15, 0.2) is 0 Å². The molecule has 1 aliphatic rings. The van der Waals surface area contributed by atoms with Gasteiger partial charge in [-0.2, -0.15) is 0 Å². The molecular weight excluding hydrogens is 502 g/mol. The number of rotatable bonds is 6. The third kappa shape index (κ3) is 5.27. The summed E-state index contributed by atoms with van der Waals surface area (Å²) in [4.78, 5) is 28.4. The number of nitrogens with zero attached hydrogens (tertiary/aromatic N) is 1. The first-order chi connectivity index (χ1) is 17.9. The Labute approximate surface area is 228 Å². The zero-order chi connectivity index (χ0) is 27.8. The molecule has 4 rings (SSSR count). The van der Waals surface area contributed by atoms with E-state index in [0.717, 1.165) is 5.56 Å². The molecule has 0 saturated carbocycles. The van der Waals surface area contributed by atoms with E-state index in [9.17, 15) is 14.7 Å². The number of hydrogen-bond acceptors (Lipinski definition) is 5. The predicted molar refractivity (Wildman–Crippen MR) is 150 cm³/mol. The number of hydrogen-bond donors (Lipinski definition) is 1. The lowest BCUT2D eigenvalue weighted by Gasteiger charge is -2.27. The maximum atomic E-state index is 13.5. The van der Waals surface area contributed by atoms with Crippen molar-refractivity contribution in [3.8, 4) is 11.5 Å². The zero-order valence-corrected chi connectivity index (χ0v) is 23.2. The molecule has 1 N–H and O–H groups in total. The van der Waals surface area contributed by atoms with E-state index < -0.39 is 17.7 Å². The van der Waals surface area contributed by atoms with Crippen LogP contribution in [0.3, 0.4) is 0 Å². The van der Waals surface area contributed by atoms with E-state index in [-0.39, 0.29) is 28.4 Å². The van der Waals surface area contributed by atoms with Gasteiger partial charge in [-0.05, 0) is 72.9 Å². The van der Waals surface area contributed by atoms with Crippen molar-refractivity contribution >= 4 is 34.7 Å². The van der Waals surface area contributed by atoms with Crippen LogP contribution >= 0.6 is 11.6 Å². The van der Waals surface area contributed by atoms with Crippen LogP contribution in [0.2, 0.25) is 5.02 Å². The van der Waals surface area contributed by atoms with Crippen LogP contribution < -0.4 is 14.4 Å². The quantitative estimate of drug-likeness (QED) is 0.208. The molecule has 0 spiro atoms. The van der Waals surface area contributed by atoms with Gasteiger partial charge in [0.1, 0.15) is 17.3 Å². The number of amides is 1. The number of ether oxygens (including phenoxy) is 2. The van der Waals surface area contributed by atoms with E-state index in [4.69, 9.17) is 21.1 Å². The summed E-state index contributed by atoms with van der Waals surface area (Å²) < 4.78 is 11.2. The predicted octanol–water partition coefficient (Wildman–Crippen LogP) is 7.06. The molecule has 0 radical (unpaired) electrons. The molecule has 3 aromatic rings. The fraction of sp³-hybridized carbons (Fsp3) is 0.290. The zero-order valence-electron chi connectivity index (χ0n) is 22.4. The molecule has 1 saturated heterocycles. The first kappa shape index (κ1) is 27.3. The van der Waals surface area contributed by atoms with E-state index >= 15 is 0 Å². The highest BCUT2D eigenvalue weighted by molar-refractivity contribution is 6.51. The molecule has 1 atom stereocenters. The van der Waals surface area contributed by atoms with Crippen molar-refractivity contribution in [3.05, 3.63) is 94.0 Å². The fourth-order valence-corrected chi connectivity index (χ4v) is 4.72. The molecule has 0 aromatic heterocycles. The Morgan fingerprint density at radius 3 is 2.16 bits per heavy atom. The normalized spacial score (nSPS) is 17.3. The smallest absolute Gasteiger partial charge is 0.300 e. The SMILES string of the molecule is COc1ccc(Cl)cc1/C(O)=C1\C(=O)C(=O)N(c2ccc(OC(C)C)cc2)C1c1ccc(C(C)(C)C)cc1. The molecule has 7 heteroatoms. The molecule has 1 heterocycles. The molecule has 0 aliphatic carbocycles. The second kappa shape index (κ2) is 10.5. The van der Waals surface area contributed by atoms with Gasteiger partial charge in [-0.15, -0.1) is 0 Å². The third-order valence-electron chi connectivity index (χ3n) is 6.44. The van der Waals surface area contributed by atoms with Crippen molar-refractivity contribution in [2.45, 2.75) is 52.2 Å². The summed E-state index contributed by atoms with van der Waals surface area (Å²) in [6.45, 7) is 10.2. The van der Waals surface area contributed by atoms with Crippen LogP contribution in [-0.4, -0.2) is 30.0 Å². The average Bonchev–Trinajstić information content (AvgIpc) is 3.13. The molecule has 198 valence electrons. The molecule has 0 bridgehead atoms. The fourth-order valence-electron chi connectivity index (χ4n) is 4.55. The van der Waals surface area contributed by atoms with Crippen LogP contribution in [0.15, 0.2) is 72.3 Å². The van der Waals surface area contributed by atoms with Gasteiger partial charge in [-0.1, -0.05) is 56.6 Å². The molecule has 1 fully saturated rings. The van der Waals surface area contributed by atoms with Gasteiger partial charge in [-0.25, -0.2) is 0 Å². The Morgan fingerprint density at radius 1 is 0.974 bits per heavy atom. The van der Waals surface area contributed by atoms with Gasteiger partial charge in [0.25, 0.3) is 11.7 Å². The average molecular weight is 534 g/mol. The monoisotopic (exact) mass is 533 g/mol. The van der Waals surface area contributed by atoms with Gasteiger partial charge in [0.2, 0.25) is 0 Å². The number of aliphatic hydroxyl groups is 1. The van der Waals surface area contributed by atoms with Gasteiger partial charge in [0.05, 0.1) is 30.4 Å². The molecular formula is C31H32ClNO5. The Hall–Kier alpha value is -3.77. The highest BCUT2D eigenvalue weighted by Crippen LogP contribution is 2.44. The van der Waals surface area contributed by atoms with Crippen LogP contribution in [-0.2, 0) is 15.0 Å². The summed E-state index contributed by atoms with van der Waals surface area (Å²) in [5, 5.41) is 11.8.